The molecule has 0 N–H and O–H groups in total. The summed E-state index contributed by atoms with van der Waals surface area (Å²) in [4.78, 5) is 17.1. The van der Waals surface area contributed by atoms with Crippen LogP contribution in [-0.2, 0) is 29.0 Å². The second-order valence-corrected chi connectivity index (χ2v) is 9.78. The van der Waals surface area contributed by atoms with E-state index in [9.17, 15) is 4.79 Å². The van der Waals surface area contributed by atoms with Crippen LogP contribution in [0.15, 0.2) is 34.9 Å². The third-order valence-corrected chi connectivity index (χ3v) is 7.03. The monoisotopic (exact) mass is 453 g/mol. The minimum absolute atomic E-state index is 0.0130. The van der Waals surface area contributed by atoms with Gasteiger partial charge in [0.1, 0.15) is 0 Å². The van der Waals surface area contributed by atoms with Gasteiger partial charge < -0.3 is 18.9 Å². The molecule has 2 aromatic rings. The van der Waals surface area contributed by atoms with E-state index in [1.54, 1.807) is 6.07 Å². The maximum absolute atomic E-state index is 12.9. The molecule has 7 nitrogen and oxygen atoms in total. The SMILES string of the molecule is O=C(c1cc(CN2CCOCC2)on1)N1CCC(Cc2ccc(COCC3CC3)cc2)CC1. The molecular formula is C26H35N3O4. The fourth-order valence-electron chi connectivity index (χ4n) is 4.70. The molecule has 3 aliphatic rings. The van der Waals surface area contributed by atoms with Crippen LogP contribution in [0.5, 0.6) is 0 Å². The Morgan fingerprint density at radius 1 is 0.970 bits per heavy atom. The van der Waals surface area contributed by atoms with E-state index < -0.39 is 0 Å². The molecule has 178 valence electrons. The Kier molecular flexibility index (Phi) is 7.39. The highest BCUT2D eigenvalue weighted by Gasteiger charge is 2.26. The van der Waals surface area contributed by atoms with Crippen molar-refractivity contribution >= 4 is 5.91 Å². The van der Waals surface area contributed by atoms with Gasteiger partial charge in [0.2, 0.25) is 0 Å². The highest BCUT2D eigenvalue weighted by molar-refractivity contribution is 5.92. The lowest BCUT2D eigenvalue weighted by Gasteiger charge is -2.31. The summed E-state index contributed by atoms with van der Waals surface area (Å²) in [5.74, 6) is 2.15. The van der Waals surface area contributed by atoms with Crippen molar-refractivity contribution in [2.24, 2.45) is 11.8 Å². The standard InChI is InChI=1S/C26H35N3O4/c30-26(25-16-24(33-27-25)17-28-11-13-31-14-12-28)29-9-7-21(8-10-29)15-20-1-3-22(4-2-20)18-32-19-23-5-6-23/h1-4,16,21,23H,5-15,17-19H2. The molecule has 7 heteroatoms. The first-order valence-electron chi connectivity index (χ1n) is 12.4. The fraction of sp³-hybridized carbons (Fsp3) is 0.615. The number of carbonyl (C=O) groups excluding carboxylic acids is 1. The molecule has 2 aliphatic heterocycles. The molecule has 1 aromatic heterocycles. The van der Waals surface area contributed by atoms with Crippen molar-refractivity contribution in [1.82, 2.24) is 15.0 Å². The molecule has 1 aliphatic carbocycles. The van der Waals surface area contributed by atoms with Crippen LogP contribution in [0.25, 0.3) is 0 Å². The first-order valence-corrected chi connectivity index (χ1v) is 12.4. The van der Waals surface area contributed by atoms with Gasteiger partial charge in [-0.2, -0.15) is 0 Å². The minimum Gasteiger partial charge on any atom is -0.379 e. The molecule has 2 saturated heterocycles. The van der Waals surface area contributed by atoms with E-state index in [4.69, 9.17) is 14.0 Å². The number of benzene rings is 1. The largest absolute Gasteiger partial charge is 0.379 e. The third kappa shape index (κ3) is 6.43. The van der Waals surface area contributed by atoms with E-state index in [1.807, 2.05) is 4.90 Å². The summed E-state index contributed by atoms with van der Waals surface area (Å²) in [5.41, 5.74) is 3.05. The zero-order valence-electron chi connectivity index (χ0n) is 19.4. The molecule has 3 fully saturated rings. The van der Waals surface area contributed by atoms with Gasteiger partial charge in [-0.1, -0.05) is 29.4 Å². The lowest BCUT2D eigenvalue weighted by Crippen LogP contribution is -2.39. The van der Waals surface area contributed by atoms with Crippen molar-refractivity contribution in [3.63, 3.8) is 0 Å². The normalized spacial score (nSPS) is 20.3. The summed E-state index contributed by atoms with van der Waals surface area (Å²) >= 11 is 0. The predicted molar refractivity (Wildman–Crippen MR) is 124 cm³/mol. The van der Waals surface area contributed by atoms with E-state index in [-0.39, 0.29) is 5.91 Å². The van der Waals surface area contributed by atoms with Crippen LogP contribution in [0.1, 0.15) is 53.1 Å². The molecule has 33 heavy (non-hydrogen) atoms. The van der Waals surface area contributed by atoms with E-state index in [0.717, 1.165) is 76.9 Å². The van der Waals surface area contributed by atoms with Crippen LogP contribution < -0.4 is 0 Å². The number of ether oxygens (including phenoxy) is 2. The van der Waals surface area contributed by atoms with Crippen molar-refractivity contribution in [1.29, 1.82) is 0 Å². The van der Waals surface area contributed by atoms with E-state index in [1.165, 1.54) is 24.0 Å². The van der Waals surface area contributed by atoms with Gasteiger partial charge in [0, 0.05) is 38.9 Å². The van der Waals surface area contributed by atoms with E-state index in [2.05, 4.69) is 34.3 Å². The average Bonchev–Trinajstić information content (AvgIpc) is 3.56. The molecule has 3 heterocycles. The average molecular weight is 454 g/mol. The van der Waals surface area contributed by atoms with Crippen LogP contribution in [0.4, 0.5) is 0 Å². The highest BCUT2D eigenvalue weighted by atomic mass is 16.5. The number of hydrogen-bond acceptors (Lipinski definition) is 6. The lowest BCUT2D eigenvalue weighted by atomic mass is 9.90. The number of rotatable bonds is 9. The summed E-state index contributed by atoms with van der Waals surface area (Å²) in [5, 5.41) is 4.05. The maximum atomic E-state index is 12.9. The number of amides is 1. The molecule has 0 radical (unpaired) electrons. The molecular weight excluding hydrogens is 418 g/mol. The summed E-state index contributed by atoms with van der Waals surface area (Å²) in [7, 11) is 0. The summed E-state index contributed by atoms with van der Waals surface area (Å²) in [6.45, 7) is 7.11. The van der Waals surface area contributed by atoms with Gasteiger partial charge in [0.25, 0.3) is 5.91 Å². The van der Waals surface area contributed by atoms with Crippen molar-refractivity contribution in [3.8, 4) is 0 Å². The maximum Gasteiger partial charge on any atom is 0.276 e. The topological polar surface area (TPSA) is 68.0 Å². The number of hydrogen-bond donors (Lipinski definition) is 0. The number of aromatic nitrogens is 1. The van der Waals surface area contributed by atoms with Crippen molar-refractivity contribution < 1.29 is 18.8 Å². The Hall–Kier alpha value is -2.22. The zero-order chi connectivity index (χ0) is 22.5. The Morgan fingerprint density at radius 2 is 1.70 bits per heavy atom. The van der Waals surface area contributed by atoms with E-state index >= 15 is 0 Å². The predicted octanol–water partition coefficient (Wildman–Crippen LogP) is 3.53. The zero-order valence-corrected chi connectivity index (χ0v) is 19.4. The number of piperidine rings is 1. The molecule has 0 unspecified atom stereocenters. The van der Waals surface area contributed by atoms with Gasteiger partial charge in [-0.3, -0.25) is 9.69 Å². The van der Waals surface area contributed by atoms with Crippen molar-refractivity contribution in [2.75, 3.05) is 46.0 Å². The Balaban J connectivity index is 1.05. The number of carbonyl (C=O) groups is 1. The minimum atomic E-state index is -0.0130. The first kappa shape index (κ1) is 22.6. The molecule has 1 aromatic carbocycles. The summed E-state index contributed by atoms with van der Waals surface area (Å²) in [6, 6.07) is 10.7. The summed E-state index contributed by atoms with van der Waals surface area (Å²) in [6.07, 6.45) is 5.78. The van der Waals surface area contributed by atoms with E-state index in [0.29, 0.717) is 24.8 Å². The molecule has 5 rings (SSSR count). The van der Waals surface area contributed by atoms with Gasteiger partial charge in [0.15, 0.2) is 11.5 Å². The molecule has 0 atom stereocenters. The fourth-order valence-corrected chi connectivity index (χ4v) is 4.70. The molecule has 1 saturated carbocycles. The molecule has 0 spiro atoms. The van der Waals surface area contributed by atoms with Crippen LogP contribution in [0, 0.1) is 11.8 Å². The van der Waals surface area contributed by atoms with Crippen molar-refractivity contribution in [3.05, 3.63) is 52.9 Å². The Labute approximate surface area is 196 Å². The van der Waals surface area contributed by atoms with Crippen molar-refractivity contribution in [2.45, 2.75) is 45.3 Å². The third-order valence-electron chi connectivity index (χ3n) is 7.03. The van der Waals surface area contributed by atoms with Crippen LogP contribution in [-0.4, -0.2) is 66.9 Å². The molecule has 1 amide bonds. The van der Waals surface area contributed by atoms with Gasteiger partial charge in [-0.25, -0.2) is 0 Å². The van der Waals surface area contributed by atoms with Gasteiger partial charge in [-0.15, -0.1) is 0 Å². The van der Waals surface area contributed by atoms with Crippen LogP contribution in [0.3, 0.4) is 0 Å². The lowest BCUT2D eigenvalue weighted by molar-refractivity contribution is 0.0305. The first-order chi connectivity index (χ1) is 16.2. The highest BCUT2D eigenvalue weighted by Crippen LogP contribution is 2.29. The summed E-state index contributed by atoms with van der Waals surface area (Å²) < 4.78 is 16.6. The number of likely N-dealkylation sites (tertiary alicyclic amines) is 1. The Bertz CT molecular complexity index is 895. The second-order valence-electron chi connectivity index (χ2n) is 9.78. The molecule has 0 bridgehead atoms. The van der Waals surface area contributed by atoms with Gasteiger partial charge in [0.05, 0.1) is 26.4 Å². The van der Waals surface area contributed by atoms with Gasteiger partial charge in [-0.05, 0) is 55.1 Å². The van der Waals surface area contributed by atoms with Crippen LogP contribution >= 0.6 is 0 Å². The number of morpholine rings is 1. The van der Waals surface area contributed by atoms with Gasteiger partial charge >= 0.3 is 0 Å². The smallest absolute Gasteiger partial charge is 0.276 e. The number of nitrogens with zero attached hydrogens (tertiary/aromatic N) is 3. The van der Waals surface area contributed by atoms with Crippen LogP contribution in [0.2, 0.25) is 0 Å². The second kappa shape index (κ2) is 10.8. The Morgan fingerprint density at radius 3 is 2.42 bits per heavy atom. The quantitative estimate of drug-likeness (QED) is 0.579.